The lowest BCUT2D eigenvalue weighted by molar-refractivity contribution is -0.145. The molecule has 0 amide bonds. The first-order valence-electron chi connectivity index (χ1n) is 12.7. The summed E-state index contributed by atoms with van der Waals surface area (Å²) in [5, 5.41) is 9.01. The Morgan fingerprint density at radius 3 is 1.81 bits per heavy atom. The van der Waals surface area contributed by atoms with Gasteiger partial charge in [-0.3, -0.25) is 14.5 Å². The third-order valence-corrected chi connectivity index (χ3v) is 6.67. The molecule has 0 bridgehead atoms. The van der Waals surface area contributed by atoms with Gasteiger partial charge in [-0.15, -0.1) is 0 Å². The van der Waals surface area contributed by atoms with Crippen molar-refractivity contribution in [2.45, 2.75) is 118 Å². The highest BCUT2D eigenvalue weighted by atomic mass is 16.5. The molecule has 0 aromatic carbocycles. The zero-order chi connectivity index (χ0) is 24.5. The van der Waals surface area contributed by atoms with Crippen LogP contribution in [0, 0.1) is 5.41 Å². The quantitative estimate of drug-likeness (QED) is 0.192. The third kappa shape index (κ3) is 15.6. The largest absolute Gasteiger partial charge is 0.466 e. The lowest BCUT2D eigenvalue weighted by Gasteiger charge is -2.38. The van der Waals surface area contributed by atoms with E-state index in [1.807, 2.05) is 0 Å². The van der Waals surface area contributed by atoms with E-state index in [0.29, 0.717) is 32.6 Å². The molecule has 0 aromatic rings. The minimum absolute atomic E-state index is 0.0331. The lowest BCUT2D eigenvalue weighted by Crippen LogP contribution is -2.45. The topological polar surface area (TPSA) is 76.1 Å². The van der Waals surface area contributed by atoms with Crippen LogP contribution in [0.4, 0.5) is 0 Å². The summed E-state index contributed by atoms with van der Waals surface area (Å²) < 4.78 is 10.7. The maximum absolute atomic E-state index is 12.1. The van der Waals surface area contributed by atoms with Gasteiger partial charge < -0.3 is 14.6 Å². The molecular weight excluding hydrogens is 406 g/mol. The molecule has 6 heteroatoms. The van der Waals surface area contributed by atoms with Crippen molar-refractivity contribution in [3.05, 3.63) is 0 Å². The van der Waals surface area contributed by atoms with Crippen LogP contribution in [0.3, 0.4) is 0 Å². The van der Waals surface area contributed by atoms with Crippen molar-refractivity contribution in [2.24, 2.45) is 5.41 Å². The summed E-state index contributed by atoms with van der Waals surface area (Å²) in [6, 6.07) is 0. The fourth-order valence-corrected chi connectivity index (χ4v) is 3.27. The Morgan fingerprint density at radius 1 is 0.750 bits per heavy atom. The number of hydrogen-bond donors (Lipinski definition) is 1. The Morgan fingerprint density at radius 2 is 1.31 bits per heavy atom. The van der Waals surface area contributed by atoms with Gasteiger partial charge in [-0.1, -0.05) is 34.1 Å². The van der Waals surface area contributed by atoms with Gasteiger partial charge in [0.2, 0.25) is 0 Å². The van der Waals surface area contributed by atoms with Gasteiger partial charge in [0.25, 0.3) is 0 Å². The minimum Gasteiger partial charge on any atom is -0.466 e. The van der Waals surface area contributed by atoms with Crippen LogP contribution in [-0.2, 0) is 19.1 Å². The second-order valence-corrected chi connectivity index (χ2v) is 10.2. The smallest absolute Gasteiger partial charge is 0.307 e. The Bertz CT molecular complexity index is 504. The molecule has 0 rings (SSSR count). The molecule has 0 spiro atoms. The number of carbonyl (C=O) groups excluding carboxylic acids is 2. The number of aliphatic hydroxyl groups is 1. The van der Waals surface area contributed by atoms with Crippen molar-refractivity contribution in [2.75, 3.05) is 32.9 Å². The first-order chi connectivity index (χ1) is 15.1. The third-order valence-electron chi connectivity index (χ3n) is 6.67. The highest BCUT2D eigenvalue weighted by molar-refractivity contribution is 5.69. The van der Waals surface area contributed by atoms with E-state index >= 15 is 0 Å². The molecule has 0 saturated heterocycles. The van der Waals surface area contributed by atoms with Crippen molar-refractivity contribution < 1.29 is 24.2 Å². The van der Waals surface area contributed by atoms with E-state index < -0.39 is 0 Å². The van der Waals surface area contributed by atoms with Crippen molar-refractivity contribution in [1.82, 2.24) is 4.90 Å². The average molecular weight is 458 g/mol. The number of carbonyl (C=O) groups is 2. The molecule has 1 N–H and O–H groups in total. The molecule has 0 radical (unpaired) electrons. The van der Waals surface area contributed by atoms with Gasteiger partial charge in [0.15, 0.2) is 0 Å². The molecule has 0 atom stereocenters. The molecule has 0 aromatic heterocycles. The molecule has 6 nitrogen and oxygen atoms in total. The normalized spacial score (nSPS) is 12.2. The lowest BCUT2D eigenvalue weighted by atomic mass is 9.85. The van der Waals surface area contributed by atoms with Gasteiger partial charge in [-0.05, 0) is 77.2 Å². The average Bonchev–Trinajstić information content (AvgIpc) is 2.76. The SMILES string of the molecule is CCC(C)(C)CCC(=O)OCCCCCCOC(=O)CCN(CCCCO)C(C)(C)CC. The van der Waals surface area contributed by atoms with Crippen LogP contribution in [0.2, 0.25) is 0 Å². The van der Waals surface area contributed by atoms with Crippen molar-refractivity contribution in [3.8, 4) is 0 Å². The number of hydrogen-bond acceptors (Lipinski definition) is 6. The Hall–Kier alpha value is -1.14. The second-order valence-electron chi connectivity index (χ2n) is 10.2. The monoisotopic (exact) mass is 457 g/mol. The molecule has 0 fully saturated rings. The first-order valence-corrected chi connectivity index (χ1v) is 12.7. The van der Waals surface area contributed by atoms with Crippen LogP contribution in [0.25, 0.3) is 0 Å². The number of aliphatic hydroxyl groups excluding tert-OH is 1. The standard InChI is InChI=1S/C26H51NO5/c1-7-25(3,4)17-15-23(29)31-21-13-9-10-14-22-32-24(30)16-19-27(18-11-12-20-28)26(5,6)8-2/h28H,7-22H2,1-6H3. The number of rotatable bonds is 20. The van der Waals surface area contributed by atoms with Crippen LogP contribution in [0.1, 0.15) is 112 Å². The van der Waals surface area contributed by atoms with E-state index in [-0.39, 0.29) is 29.5 Å². The molecule has 0 aliphatic carbocycles. The van der Waals surface area contributed by atoms with Crippen LogP contribution < -0.4 is 0 Å². The Kier molecular flexibility index (Phi) is 16.7. The molecular formula is C26H51NO5. The van der Waals surface area contributed by atoms with Crippen LogP contribution in [0.15, 0.2) is 0 Å². The van der Waals surface area contributed by atoms with E-state index in [0.717, 1.165) is 64.3 Å². The molecule has 0 aliphatic rings. The highest BCUT2D eigenvalue weighted by Crippen LogP contribution is 2.26. The van der Waals surface area contributed by atoms with E-state index in [2.05, 4.69) is 46.4 Å². The second kappa shape index (κ2) is 17.4. The Balaban J connectivity index is 3.84. The van der Waals surface area contributed by atoms with Crippen molar-refractivity contribution in [3.63, 3.8) is 0 Å². The predicted octanol–water partition coefficient (Wildman–Crippen LogP) is 5.50. The van der Waals surface area contributed by atoms with Crippen LogP contribution in [0.5, 0.6) is 0 Å². The zero-order valence-corrected chi connectivity index (χ0v) is 21.8. The molecule has 0 aliphatic heterocycles. The predicted molar refractivity (Wildman–Crippen MR) is 131 cm³/mol. The van der Waals surface area contributed by atoms with Gasteiger partial charge in [0, 0.05) is 25.1 Å². The van der Waals surface area contributed by atoms with E-state index in [1.165, 1.54) is 0 Å². The summed E-state index contributed by atoms with van der Waals surface area (Å²) >= 11 is 0. The van der Waals surface area contributed by atoms with Gasteiger partial charge >= 0.3 is 11.9 Å². The van der Waals surface area contributed by atoms with Gasteiger partial charge in [0.05, 0.1) is 19.6 Å². The molecule has 32 heavy (non-hydrogen) atoms. The van der Waals surface area contributed by atoms with Crippen LogP contribution >= 0.6 is 0 Å². The fraction of sp³-hybridized carbons (Fsp3) is 0.923. The molecule has 0 heterocycles. The van der Waals surface area contributed by atoms with Gasteiger partial charge in [0.1, 0.15) is 0 Å². The van der Waals surface area contributed by atoms with E-state index in [1.54, 1.807) is 0 Å². The molecule has 0 unspecified atom stereocenters. The number of unbranched alkanes of at least 4 members (excludes halogenated alkanes) is 4. The van der Waals surface area contributed by atoms with Crippen molar-refractivity contribution in [1.29, 1.82) is 0 Å². The molecule has 190 valence electrons. The summed E-state index contributed by atoms with van der Waals surface area (Å²) in [6.07, 6.45) is 9.16. The maximum atomic E-state index is 12.1. The minimum atomic E-state index is -0.145. The summed E-state index contributed by atoms with van der Waals surface area (Å²) in [5.74, 6) is -0.245. The number of ether oxygens (including phenoxy) is 2. The van der Waals surface area contributed by atoms with Crippen LogP contribution in [-0.4, -0.2) is 60.4 Å². The summed E-state index contributed by atoms with van der Waals surface area (Å²) in [4.78, 5) is 26.2. The van der Waals surface area contributed by atoms with Gasteiger partial charge in [-0.25, -0.2) is 0 Å². The van der Waals surface area contributed by atoms with Gasteiger partial charge in [-0.2, -0.15) is 0 Å². The maximum Gasteiger partial charge on any atom is 0.307 e. The van der Waals surface area contributed by atoms with Crippen molar-refractivity contribution >= 4 is 11.9 Å². The highest BCUT2D eigenvalue weighted by Gasteiger charge is 2.24. The fourth-order valence-electron chi connectivity index (χ4n) is 3.27. The summed E-state index contributed by atoms with van der Waals surface area (Å²) in [5.41, 5.74) is 0.228. The van der Waals surface area contributed by atoms with E-state index in [9.17, 15) is 9.59 Å². The number of nitrogens with zero attached hydrogens (tertiary/aromatic N) is 1. The zero-order valence-electron chi connectivity index (χ0n) is 21.8. The first kappa shape index (κ1) is 30.9. The van der Waals surface area contributed by atoms with E-state index in [4.69, 9.17) is 14.6 Å². The Labute approximate surface area is 197 Å². The number of esters is 2. The summed E-state index contributed by atoms with van der Waals surface area (Å²) in [7, 11) is 0. The summed E-state index contributed by atoms with van der Waals surface area (Å²) in [6.45, 7) is 15.8. The molecule has 0 saturated carbocycles.